The van der Waals surface area contributed by atoms with Crippen LogP contribution in [0.3, 0.4) is 0 Å². The second-order valence-electron chi connectivity index (χ2n) is 13.1. The number of nitrogens with one attached hydrogen (secondary N) is 1. The highest BCUT2D eigenvalue weighted by molar-refractivity contribution is 7.32. The molecule has 0 radical (unpaired) electrons. The maximum absolute atomic E-state index is 12.5. The van der Waals surface area contributed by atoms with E-state index in [0.29, 0.717) is 12.8 Å². The largest absolute Gasteiger partial charge is 0.694 e. The highest BCUT2D eigenvalue weighted by atomic mass is 31.1. The number of carbonyl (C=O) groups is 2. The van der Waals surface area contributed by atoms with Crippen molar-refractivity contribution < 1.29 is 37.9 Å². The molecule has 0 bridgehead atoms. The van der Waals surface area contributed by atoms with E-state index in [9.17, 15) is 14.2 Å². The summed E-state index contributed by atoms with van der Waals surface area (Å²) in [6.07, 6.45) is 32.3. The molecule has 0 aromatic rings. The summed E-state index contributed by atoms with van der Waals surface area (Å²) in [5.74, 6) is -0.617. The molecule has 9 nitrogen and oxygen atoms in total. The molecule has 0 saturated carbocycles. The van der Waals surface area contributed by atoms with Gasteiger partial charge < -0.3 is 9.47 Å². The molecule has 278 valence electrons. The number of hydrogen-bond donors (Lipinski definition) is 2. The second kappa shape index (κ2) is 37.7. The van der Waals surface area contributed by atoms with Crippen molar-refractivity contribution in [3.8, 4) is 0 Å². The molecule has 0 amide bonds. The smallest absolute Gasteiger partial charge is 0.462 e. The summed E-state index contributed by atoms with van der Waals surface area (Å²) < 4.78 is 26.2. The molecule has 47 heavy (non-hydrogen) atoms. The Hall–Kier alpha value is -1.12. The van der Waals surface area contributed by atoms with Crippen LogP contribution in [0.15, 0.2) is 0 Å². The monoisotopic (exact) mass is 691 g/mol. The summed E-state index contributed by atoms with van der Waals surface area (Å²) in [5, 5.41) is 0. The van der Waals surface area contributed by atoms with E-state index in [1.807, 2.05) is 0 Å². The molecule has 0 aliphatic carbocycles. The molecule has 2 atom stereocenters. The fourth-order valence-electron chi connectivity index (χ4n) is 5.58. The van der Waals surface area contributed by atoms with Crippen LogP contribution in [-0.2, 0) is 33.0 Å². The first-order valence-corrected chi connectivity index (χ1v) is 20.6. The molecular formula is C37H73NO8P+. The van der Waals surface area contributed by atoms with Gasteiger partial charge in [-0.15, -0.1) is 9.42 Å². The van der Waals surface area contributed by atoms with E-state index in [-0.39, 0.29) is 38.3 Å². The standard InChI is InChI=1S/C37H72NO8P/c1-3-5-7-9-11-13-15-17-19-21-23-25-27-29-36(39)43-33-35(34-44-38-31-32-45-47(41)42)46-37(40)30-28-26-24-22-20-18-16-14-12-10-8-6-4-2/h35,38H,3-34H2,1-2H3/p+1/t35-/m1/s1. The van der Waals surface area contributed by atoms with Gasteiger partial charge in [-0.3, -0.25) is 14.4 Å². The van der Waals surface area contributed by atoms with E-state index in [1.54, 1.807) is 0 Å². The number of rotatable bonds is 38. The summed E-state index contributed by atoms with van der Waals surface area (Å²) in [6.45, 7) is 4.60. The summed E-state index contributed by atoms with van der Waals surface area (Å²) in [4.78, 5) is 38.9. The third-order valence-corrected chi connectivity index (χ3v) is 8.88. The topological polar surface area (TPSA) is 120 Å². The van der Waals surface area contributed by atoms with Crippen LogP contribution in [0.1, 0.15) is 194 Å². The zero-order chi connectivity index (χ0) is 34.5. The predicted molar refractivity (Wildman–Crippen MR) is 191 cm³/mol. The molecule has 2 N–H and O–H groups in total. The third kappa shape index (κ3) is 37.5. The van der Waals surface area contributed by atoms with Crippen LogP contribution in [0.5, 0.6) is 0 Å². The quantitative estimate of drug-likeness (QED) is 0.0282. The minimum atomic E-state index is -2.66. The number of hydrogen-bond acceptors (Lipinski definition) is 8. The molecule has 0 aromatic heterocycles. The molecule has 0 aliphatic heterocycles. The predicted octanol–water partition coefficient (Wildman–Crippen LogP) is 10.6. The Morgan fingerprint density at radius 2 is 0.957 bits per heavy atom. The summed E-state index contributed by atoms with van der Waals surface area (Å²) in [5.41, 5.74) is 2.61. The van der Waals surface area contributed by atoms with Gasteiger partial charge in [0.2, 0.25) is 0 Å². The van der Waals surface area contributed by atoms with Gasteiger partial charge in [-0.1, -0.05) is 168 Å². The first kappa shape index (κ1) is 45.9. The molecule has 0 rings (SSSR count). The van der Waals surface area contributed by atoms with Crippen LogP contribution < -0.4 is 5.48 Å². The van der Waals surface area contributed by atoms with Crippen LogP contribution >= 0.6 is 8.25 Å². The summed E-state index contributed by atoms with van der Waals surface area (Å²) in [6, 6.07) is 0. The Balaban J connectivity index is 4.07. The lowest BCUT2D eigenvalue weighted by Crippen LogP contribution is -2.33. The molecule has 1 unspecified atom stereocenters. The van der Waals surface area contributed by atoms with Crippen molar-refractivity contribution in [2.24, 2.45) is 0 Å². The van der Waals surface area contributed by atoms with Crippen LogP contribution in [0, 0.1) is 0 Å². The zero-order valence-electron chi connectivity index (χ0n) is 30.5. The van der Waals surface area contributed by atoms with Gasteiger partial charge in [0.25, 0.3) is 0 Å². The van der Waals surface area contributed by atoms with Crippen molar-refractivity contribution >= 4 is 20.2 Å². The fraction of sp³-hybridized carbons (Fsp3) is 0.946. The van der Waals surface area contributed by atoms with Crippen LogP contribution in [0.2, 0.25) is 0 Å². The van der Waals surface area contributed by atoms with Crippen LogP contribution in [0.25, 0.3) is 0 Å². The lowest BCUT2D eigenvalue weighted by atomic mass is 10.0. The van der Waals surface area contributed by atoms with E-state index >= 15 is 0 Å². The molecule has 0 fully saturated rings. The van der Waals surface area contributed by atoms with Gasteiger partial charge in [-0.2, -0.15) is 5.48 Å². The highest BCUT2D eigenvalue weighted by Gasteiger charge is 2.18. The Morgan fingerprint density at radius 3 is 1.36 bits per heavy atom. The average molecular weight is 691 g/mol. The number of unbranched alkanes of at least 4 members (excludes halogenated alkanes) is 24. The first-order chi connectivity index (χ1) is 23.0. The van der Waals surface area contributed by atoms with Gasteiger partial charge in [0.05, 0.1) is 0 Å². The lowest BCUT2D eigenvalue weighted by Gasteiger charge is -2.18. The molecule has 0 aromatic carbocycles. The van der Waals surface area contributed by atoms with Crippen molar-refractivity contribution in [1.82, 2.24) is 5.48 Å². The van der Waals surface area contributed by atoms with Gasteiger partial charge in [-0.05, 0) is 12.8 Å². The van der Waals surface area contributed by atoms with Crippen LogP contribution in [0.4, 0.5) is 0 Å². The fourth-order valence-corrected chi connectivity index (χ4v) is 5.83. The highest BCUT2D eigenvalue weighted by Crippen LogP contribution is 2.15. The normalized spacial score (nSPS) is 12.3. The van der Waals surface area contributed by atoms with Crippen molar-refractivity contribution in [1.29, 1.82) is 0 Å². The lowest BCUT2D eigenvalue weighted by molar-refractivity contribution is -0.165. The number of ether oxygens (including phenoxy) is 2. The molecular weight excluding hydrogens is 617 g/mol. The minimum Gasteiger partial charge on any atom is -0.462 e. The molecule has 0 heterocycles. The number of esters is 2. The van der Waals surface area contributed by atoms with Crippen molar-refractivity contribution in [2.45, 2.75) is 200 Å². The summed E-state index contributed by atoms with van der Waals surface area (Å²) in [7, 11) is -2.66. The van der Waals surface area contributed by atoms with E-state index in [1.165, 1.54) is 128 Å². The van der Waals surface area contributed by atoms with Gasteiger partial charge in [-0.25, -0.2) is 0 Å². The molecule has 0 saturated heterocycles. The van der Waals surface area contributed by atoms with Crippen molar-refractivity contribution in [3.05, 3.63) is 0 Å². The van der Waals surface area contributed by atoms with Gasteiger partial charge >= 0.3 is 20.2 Å². The van der Waals surface area contributed by atoms with E-state index in [4.69, 9.17) is 19.2 Å². The average Bonchev–Trinajstić information content (AvgIpc) is 3.05. The summed E-state index contributed by atoms with van der Waals surface area (Å²) >= 11 is 0. The zero-order valence-corrected chi connectivity index (χ0v) is 31.4. The Bertz CT molecular complexity index is 712. The van der Waals surface area contributed by atoms with Gasteiger partial charge in [0.1, 0.15) is 19.8 Å². The number of carbonyl (C=O) groups excluding carboxylic acids is 2. The van der Waals surface area contributed by atoms with Gasteiger partial charge in [0, 0.05) is 24.0 Å². The van der Waals surface area contributed by atoms with E-state index in [2.05, 4.69) is 23.9 Å². The van der Waals surface area contributed by atoms with Crippen molar-refractivity contribution in [2.75, 3.05) is 26.4 Å². The van der Waals surface area contributed by atoms with Gasteiger partial charge in [0.15, 0.2) is 6.10 Å². The SMILES string of the molecule is CCCCCCCCCCCCCCCC(=O)OC[C@H](CONCCO[P+](=O)O)OC(=O)CCCCCCCCCCCCCCC. The van der Waals surface area contributed by atoms with Crippen molar-refractivity contribution in [3.63, 3.8) is 0 Å². The van der Waals surface area contributed by atoms with E-state index < -0.39 is 14.4 Å². The Morgan fingerprint density at radius 1 is 0.574 bits per heavy atom. The maximum Gasteiger partial charge on any atom is 0.694 e. The molecule has 0 spiro atoms. The maximum atomic E-state index is 12.5. The Kier molecular flexibility index (Phi) is 36.8. The minimum absolute atomic E-state index is 0.0106. The second-order valence-corrected chi connectivity index (χ2v) is 13.8. The molecule has 10 heteroatoms. The third-order valence-electron chi connectivity index (χ3n) is 8.47. The first-order valence-electron chi connectivity index (χ1n) is 19.5. The number of hydroxylamine groups is 1. The van der Waals surface area contributed by atoms with E-state index in [0.717, 1.165) is 38.5 Å². The Labute approximate surface area is 289 Å². The van der Waals surface area contributed by atoms with Crippen LogP contribution in [-0.4, -0.2) is 49.3 Å². The molecule has 0 aliphatic rings.